The molecule has 0 spiro atoms. The molecule has 1 aliphatic heterocycles. The summed E-state index contributed by atoms with van der Waals surface area (Å²) in [5.74, 6) is -0.690. The van der Waals surface area contributed by atoms with Crippen LogP contribution in [0.2, 0.25) is 0 Å². The Bertz CT molecular complexity index is 1920. The summed E-state index contributed by atoms with van der Waals surface area (Å²) in [6.45, 7) is 7.35. The lowest BCUT2D eigenvalue weighted by Gasteiger charge is -2.21. The van der Waals surface area contributed by atoms with Gasteiger partial charge in [0.1, 0.15) is 11.6 Å². The molecule has 2 aliphatic carbocycles. The van der Waals surface area contributed by atoms with Crippen molar-refractivity contribution in [1.29, 1.82) is 0 Å². The molecule has 3 aliphatic rings. The van der Waals surface area contributed by atoms with Crippen LogP contribution < -0.4 is 0 Å². The molecule has 2 aromatic heterocycles. The zero-order chi connectivity index (χ0) is 31.1. The number of nitrogens with zero attached hydrogens (tertiary/aromatic N) is 4. The first-order valence-electron chi connectivity index (χ1n) is 16.2. The largest absolute Gasteiger partial charge is 0.341 e. The van der Waals surface area contributed by atoms with Gasteiger partial charge in [0.25, 0.3) is 5.92 Å². The maximum Gasteiger partial charge on any atom is 0.299 e. The summed E-state index contributed by atoms with van der Waals surface area (Å²) in [4.78, 5) is 21.1. The molecule has 232 valence electrons. The molecule has 2 N–H and O–H groups in total. The van der Waals surface area contributed by atoms with Crippen LogP contribution in [-0.2, 0) is 12.5 Å². The highest BCUT2D eigenvalue weighted by Crippen LogP contribution is 2.53. The van der Waals surface area contributed by atoms with Crippen molar-refractivity contribution in [2.45, 2.75) is 58.0 Å². The van der Waals surface area contributed by atoms with Gasteiger partial charge < -0.3 is 9.97 Å². The molecule has 1 saturated carbocycles. The minimum atomic E-state index is -3.10. The Morgan fingerprint density at radius 3 is 2.38 bits per heavy atom. The van der Waals surface area contributed by atoms with Crippen molar-refractivity contribution in [1.82, 2.24) is 29.7 Å². The number of aromatic amines is 2. The van der Waals surface area contributed by atoms with Crippen LogP contribution in [0.15, 0.2) is 60.8 Å². The maximum absolute atomic E-state index is 16.1. The third-order valence-corrected chi connectivity index (χ3v) is 10.5. The molecule has 2 unspecified atom stereocenters. The van der Waals surface area contributed by atoms with E-state index in [1.165, 1.54) is 19.3 Å². The van der Waals surface area contributed by atoms with Gasteiger partial charge in [0.15, 0.2) is 0 Å². The van der Waals surface area contributed by atoms with Crippen molar-refractivity contribution < 1.29 is 8.78 Å². The average Bonchev–Trinajstić information content (AvgIpc) is 3.40. The van der Waals surface area contributed by atoms with Crippen molar-refractivity contribution in [3.8, 4) is 33.5 Å². The lowest BCUT2D eigenvalue weighted by Crippen LogP contribution is -2.25. The fourth-order valence-electron chi connectivity index (χ4n) is 7.73. The first-order chi connectivity index (χ1) is 21.6. The third-order valence-electron chi connectivity index (χ3n) is 10.5. The predicted molar refractivity (Wildman–Crippen MR) is 175 cm³/mol. The molecule has 3 heterocycles. The van der Waals surface area contributed by atoms with Crippen LogP contribution in [0.1, 0.15) is 68.3 Å². The van der Waals surface area contributed by atoms with Crippen LogP contribution in [0.4, 0.5) is 8.78 Å². The quantitative estimate of drug-likeness (QED) is 0.186. The topological polar surface area (TPSA) is 63.8 Å². The zero-order valence-corrected chi connectivity index (χ0v) is 26.4. The number of imidazole rings is 2. The van der Waals surface area contributed by atoms with E-state index in [2.05, 4.69) is 52.7 Å². The molecule has 1 saturated heterocycles. The zero-order valence-electron chi connectivity index (χ0n) is 26.4. The van der Waals surface area contributed by atoms with Gasteiger partial charge in [-0.1, -0.05) is 50.6 Å². The van der Waals surface area contributed by atoms with Crippen LogP contribution >= 0.6 is 0 Å². The average molecular weight is 607 g/mol. The Morgan fingerprint density at radius 2 is 1.64 bits per heavy atom. The standard InChI is InChI=1S/C37H40F2N6/c1-5-22-12-15-45(4)34(22)35-42-30-11-8-24(18-31(30)43-35)23-6-9-26-27-10-7-25(17-29(27)37(38,39)28(26)16-23)32-19-40-33(41-32)20-44(3)21-36(2)13-14-36/h6-11,16-19,22,34H,5,12-15,20-21H2,1-4H3,(H,40,41)(H,42,43). The molecular weight excluding hydrogens is 566 g/mol. The van der Waals surface area contributed by atoms with Gasteiger partial charge in [-0.05, 0) is 97.8 Å². The van der Waals surface area contributed by atoms with Gasteiger partial charge in [-0.2, -0.15) is 8.78 Å². The highest BCUT2D eigenvalue weighted by Gasteiger charge is 2.45. The fraction of sp³-hybridized carbons (Fsp3) is 0.405. The van der Waals surface area contributed by atoms with Crippen molar-refractivity contribution in [3.63, 3.8) is 0 Å². The number of benzene rings is 3. The first kappa shape index (κ1) is 28.6. The molecule has 3 aromatic carbocycles. The monoisotopic (exact) mass is 606 g/mol. The van der Waals surface area contributed by atoms with Crippen LogP contribution in [-0.4, -0.2) is 56.9 Å². The number of fused-ring (bicyclic) bond motifs is 4. The van der Waals surface area contributed by atoms with Gasteiger partial charge in [0.05, 0.1) is 35.5 Å². The molecule has 8 rings (SSSR count). The number of aromatic nitrogens is 4. The summed E-state index contributed by atoms with van der Waals surface area (Å²) in [5, 5.41) is 0. The van der Waals surface area contributed by atoms with Crippen molar-refractivity contribution in [2.24, 2.45) is 11.3 Å². The Kier molecular flexibility index (Phi) is 6.56. The minimum absolute atomic E-state index is 0.0434. The number of nitrogens with one attached hydrogen (secondary N) is 2. The van der Waals surface area contributed by atoms with E-state index in [9.17, 15) is 0 Å². The highest BCUT2D eigenvalue weighted by molar-refractivity contribution is 5.86. The number of H-pyrrole nitrogens is 2. The van der Waals surface area contributed by atoms with Gasteiger partial charge in [-0.3, -0.25) is 9.80 Å². The normalized spacial score (nSPS) is 21.5. The number of alkyl halides is 2. The Hall–Kier alpha value is -3.88. The van der Waals surface area contributed by atoms with Crippen molar-refractivity contribution in [2.75, 3.05) is 27.2 Å². The summed E-state index contributed by atoms with van der Waals surface area (Å²) in [5.41, 5.74) is 6.67. The van der Waals surface area contributed by atoms with E-state index in [1.807, 2.05) is 42.5 Å². The van der Waals surface area contributed by atoms with E-state index in [1.54, 1.807) is 18.3 Å². The number of halogens is 2. The van der Waals surface area contributed by atoms with Crippen molar-refractivity contribution in [3.05, 3.63) is 83.6 Å². The van der Waals surface area contributed by atoms with Gasteiger partial charge >= 0.3 is 0 Å². The number of hydrogen-bond acceptors (Lipinski definition) is 4. The molecule has 8 heteroatoms. The van der Waals surface area contributed by atoms with Crippen LogP contribution in [0.5, 0.6) is 0 Å². The van der Waals surface area contributed by atoms with E-state index in [0.29, 0.717) is 29.0 Å². The molecule has 2 atom stereocenters. The summed E-state index contributed by atoms with van der Waals surface area (Å²) < 4.78 is 32.3. The number of hydrogen-bond donors (Lipinski definition) is 2. The molecule has 45 heavy (non-hydrogen) atoms. The second-order valence-corrected chi connectivity index (χ2v) is 14.1. The maximum atomic E-state index is 16.1. The molecule has 6 nitrogen and oxygen atoms in total. The van der Waals surface area contributed by atoms with Gasteiger partial charge in [-0.15, -0.1) is 0 Å². The number of rotatable bonds is 8. The van der Waals surface area contributed by atoms with Crippen LogP contribution in [0, 0.1) is 11.3 Å². The third kappa shape index (κ3) is 4.90. The SMILES string of the molecule is CCC1CCN(C)C1c1nc2ccc(-c3ccc4c(c3)C(F)(F)c3cc(-c5cnc(CN(C)CC6(C)CC6)[nH]5)ccc3-4)cc2[nH]1. The van der Waals surface area contributed by atoms with Gasteiger partial charge in [0.2, 0.25) is 0 Å². The van der Waals surface area contributed by atoms with E-state index in [-0.39, 0.29) is 17.2 Å². The first-order valence-corrected chi connectivity index (χ1v) is 16.2. The predicted octanol–water partition coefficient (Wildman–Crippen LogP) is 8.38. The molecule has 2 fully saturated rings. The Morgan fingerprint density at radius 1 is 0.956 bits per heavy atom. The summed E-state index contributed by atoms with van der Waals surface area (Å²) in [7, 11) is 4.26. The molecular formula is C37H40F2N6. The molecule has 0 radical (unpaired) electrons. The van der Waals surface area contributed by atoms with E-state index in [0.717, 1.165) is 64.6 Å². The van der Waals surface area contributed by atoms with Gasteiger partial charge in [-0.25, -0.2) is 9.97 Å². The van der Waals surface area contributed by atoms with E-state index < -0.39 is 5.92 Å². The second kappa shape index (κ2) is 10.3. The molecule has 5 aromatic rings. The highest BCUT2D eigenvalue weighted by atomic mass is 19.3. The summed E-state index contributed by atoms with van der Waals surface area (Å²) in [6, 6.07) is 17.1. The Labute approximate surface area is 262 Å². The fourth-order valence-corrected chi connectivity index (χ4v) is 7.73. The minimum Gasteiger partial charge on any atom is -0.341 e. The smallest absolute Gasteiger partial charge is 0.299 e. The lowest BCUT2D eigenvalue weighted by molar-refractivity contribution is 0.0481. The van der Waals surface area contributed by atoms with Crippen LogP contribution in [0.3, 0.4) is 0 Å². The Balaban J connectivity index is 1.06. The summed E-state index contributed by atoms with van der Waals surface area (Å²) >= 11 is 0. The van der Waals surface area contributed by atoms with Crippen LogP contribution in [0.25, 0.3) is 44.5 Å². The summed E-state index contributed by atoms with van der Waals surface area (Å²) in [6.07, 6.45) is 6.59. The van der Waals surface area contributed by atoms with Gasteiger partial charge in [0, 0.05) is 23.2 Å². The molecule has 0 bridgehead atoms. The van der Waals surface area contributed by atoms with E-state index in [4.69, 9.17) is 4.98 Å². The second-order valence-electron chi connectivity index (χ2n) is 14.1. The number of likely N-dealkylation sites (tertiary alicyclic amines) is 1. The lowest BCUT2D eigenvalue weighted by atomic mass is 9.97. The van der Waals surface area contributed by atoms with E-state index >= 15 is 8.78 Å². The van der Waals surface area contributed by atoms with Crippen molar-refractivity contribution >= 4 is 11.0 Å². The molecule has 0 amide bonds.